The summed E-state index contributed by atoms with van der Waals surface area (Å²) in [6.45, 7) is 4.04. The highest BCUT2D eigenvalue weighted by atomic mass is 16.5. The number of hydrogen-bond acceptors (Lipinski definition) is 3. The molecule has 0 spiro atoms. The molecule has 1 amide bonds. The van der Waals surface area contributed by atoms with Gasteiger partial charge in [-0.05, 0) is 25.7 Å². The highest BCUT2D eigenvalue weighted by Gasteiger charge is 2.40. The molecule has 5 heteroatoms. The number of rotatable bonds is 3. The van der Waals surface area contributed by atoms with Crippen LogP contribution in [-0.2, 0) is 14.3 Å². The van der Waals surface area contributed by atoms with Crippen molar-refractivity contribution in [1.29, 1.82) is 0 Å². The van der Waals surface area contributed by atoms with Gasteiger partial charge in [-0.15, -0.1) is 0 Å². The molecule has 1 N–H and O–H groups in total. The fourth-order valence-electron chi connectivity index (χ4n) is 3.13. The van der Waals surface area contributed by atoms with Gasteiger partial charge in [-0.1, -0.05) is 13.3 Å². The molecule has 0 aromatic carbocycles. The van der Waals surface area contributed by atoms with Gasteiger partial charge < -0.3 is 14.7 Å². The summed E-state index contributed by atoms with van der Waals surface area (Å²) in [6.07, 6.45) is 4.01. The number of amides is 1. The molecule has 1 aliphatic carbocycles. The first-order valence-electron chi connectivity index (χ1n) is 7.26. The normalized spacial score (nSPS) is 32.1. The van der Waals surface area contributed by atoms with Gasteiger partial charge in [0, 0.05) is 19.7 Å². The first-order chi connectivity index (χ1) is 9.13. The second kappa shape index (κ2) is 6.37. The summed E-state index contributed by atoms with van der Waals surface area (Å²) in [5.41, 5.74) is 0. The van der Waals surface area contributed by atoms with Gasteiger partial charge in [0.25, 0.3) is 0 Å². The Morgan fingerprint density at radius 1 is 1.26 bits per heavy atom. The fraction of sp³-hybridized carbons (Fsp3) is 0.857. The number of nitrogens with zero attached hydrogens (tertiary/aromatic N) is 1. The summed E-state index contributed by atoms with van der Waals surface area (Å²) in [5.74, 6) is -1.62. The fourth-order valence-corrected chi connectivity index (χ4v) is 3.13. The van der Waals surface area contributed by atoms with Gasteiger partial charge in [0.05, 0.1) is 17.9 Å². The Morgan fingerprint density at radius 3 is 2.68 bits per heavy atom. The predicted octanol–water partition coefficient (Wildman–Crippen LogP) is 1.51. The summed E-state index contributed by atoms with van der Waals surface area (Å²) in [4.78, 5) is 25.6. The number of carboxylic acid groups (broad SMARTS) is 1. The van der Waals surface area contributed by atoms with Crippen molar-refractivity contribution in [2.45, 2.75) is 45.1 Å². The summed E-state index contributed by atoms with van der Waals surface area (Å²) >= 11 is 0. The van der Waals surface area contributed by atoms with Crippen molar-refractivity contribution in [3.05, 3.63) is 0 Å². The molecule has 1 saturated heterocycles. The Bertz CT molecular complexity index is 344. The maximum atomic E-state index is 12.5. The number of ether oxygens (including phenoxy) is 1. The average molecular weight is 269 g/mol. The molecular weight excluding hydrogens is 246 g/mol. The zero-order chi connectivity index (χ0) is 13.8. The molecule has 108 valence electrons. The van der Waals surface area contributed by atoms with E-state index in [2.05, 4.69) is 0 Å². The molecule has 0 aromatic heterocycles. The third-order valence-electron chi connectivity index (χ3n) is 4.27. The summed E-state index contributed by atoms with van der Waals surface area (Å²) in [5, 5.41) is 9.19. The Kier molecular flexibility index (Phi) is 4.80. The van der Waals surface area contributed by atoms with Gasteiger partial charge in [-0.25, -0.2) is 0 Å². The van der Waals surface area contributed by atoms with E-state index in [1.165, 1.54) is 0 Å². The van der Waals surface area contributed by atoms with Crippen LogP contribution in [0.1, 0.15) is 39.0 Å². The molecule has 0 aromatic rings. The first-order valence-corrected chi connectivity index (χ1v) is 7.26. The van der Waals surface area contributed by atoms with E-state index in [1.807, 2.05) is 11.8 Å². The minimum Gasteiger partial charge on any atom is -0.481 e. The summed E-state index contributed by atoms with van der Waals surface area (Å²) < 4.78 is 5.66. The van der Waals surface area contributed by atoms with Gasteiger partial charge in [-0.3, -0.25) is 9.59 Å². The van der Waals surface area contributed by atoms with Crippen molar-refractivity contribution in [3.63, 3.8) is 0 Å². The van der Waals surface area contributed by atoms with Crippen LogP contribution in [0.15, 0.2) is 0 Å². The third-order valence-corrected chi connectivity index (χ3v) is 4.27. The lowest BCUT2D eigenvalue weighted by atomic mass is 9.94. The first kappa shape index (κ1) is 14.3. The van der Waals surface area contributed by atoms with E-state index in [9.17, 15) is 14.7 Å². The Labute approximate surface area is 113 Å². The zero-order valence-electron chi connectivity index (χ0n) is 11.5. The minimum atomic E-state index is -0.825. The van der Waals surface area contributed by atoms with Crippen molar-refractivity contribution in [2.24, 2.45) is 11.8 Å². The molecule has 0 radical (unpaired) electrons. The maximum absolute atomic E-state index is 12.5. The van der Waals surface area contributed by atoms with Gasteiger partial charge in [0.15, 0.2) is 0 Å². The van der Waals surface area contributed by atoms with Crippen molar-refractivity contribution in [3.8, 4) is 0 Å². The van der Waals surface area contributed by atoms with Gasteiger partial charge in [-0.2, -0.15) is 0 Å². The smallest absolute Gasteiger partial charge is 0.307 e. The highest BCUT2D eigenvalue weighted by molar-refractivity contribution is 5.85. The van der Waals surface area contributed by atoms with Crippen LogP contribution >= 0.6 is 0 Å². The van der Waals surface area contributed by atoms with E-state index in [4.69, 9.17) is 4.74 Å². The van der Waals surface area contributed by atoms with Gasteiger partial charge in [0.1, 0.15) is 0 Å². The van der Waals surface area contributed by atoms with E-state index in [0.717, 1.165) is 19.3 Å². The van der Waals surface area contributed by atoms with E-state index in [1.54, 1.807) is 0 Å². The largest absolute Gasteiger partial charge is 0.481 e. The summed E-state index contributed by atoms with van der Waals surface area (Å²) in [6, 6.07) is 0. The van der Waals surface area contributed by atoms with Crippen molar-refractivity contribution >= 4 is 11.9 Å². The van der Waals surface area contributed by atoms with Crippen LogP contribution in [-0.4, -0.2) is 47.7 Å². The van der Waals surface area contributed by atoms with Crippen LogP contribution in [0.5, 0.6) is 0 Å². The lowest BCUT2D eigenvalue weighted by molar-refractivity contribution is -0.149. The second-order valence-corrected chi connectivity index (χ2v) is 5.52. The van der Waals surface area contributed by atoms with Crippen LogP contribution in [0.25, 0.3) is 0 Å². The number of hydrogen-bond donors (Lipinski definition) is 1. The number of carbonyl (C=O) groups is 2. The number of carboxylic acids is 1. The maximum Gasteiger partial charge on any atom is 0.307 e. The van der Waals surface area contributed by atoms with Crippen molar-refractivity contribution in [2.75, 3.05) is 19.7 Å². The van der Waals surface area contributed by atoms with E-state index in [0.29, 0.717) is 32.5 Å². The SMILES string of the molecule is CCC1CN(C(=O)[C@@H]2CCC[C@@H]2C(=O)O)CCCO1. The molecule has 1 unspecified atom stereocenters. The van der Waals surface area contributed by atoms with Crippen LogP contribution in [0, 0.1) is 11.8 Å². The average Bonchev–Trinajstić information content (AvgIpc) is 2.76. The lowest BCUT2D eigenvalue weighted by Crippen LogP contribution is -2.42. The van der Waals surface area contributed by atoms with E-state index >= 15 is 0 Å². The molecule has 1 aliphatic heterocycles. The second-order valence-electron chi connectivity index (χ2n) is 5.52. The molecule has 5 nitrogen and oxygen atoms in total. The van der Waals surface area contributed by atoms with Gasteiger partial charge in [0.2, 0.25) is 5.91 Å². The van der Waals surface area contributed by atoms with Crippen molar-refractivity contribution in [1.82, 2.24) is 4.90 Å². The van der Waals surface area contributed by atoms with E-state index < -0.39 is 11.9 Å². The minimum absolute atomic E-state index is 0.0221. The molecule has 1 heterocycles. The Balaban J connectivity index is 2.03. The van der Waals surface area contributed by atoms with Crippen LogP contribution in [0.4, 0.5) is 0 Å². The molecule has 19 heavy (non-hydrogen) atoms. The molecule has 2 aliphatic rings. The number of carbonyl (C=O) groups excluding carboxylic acids is 1. The molecular formula is C14H23NO4. The standard InChI is InChI=1S/C14H23NO4/c1-2-10-9-15(7-4-8-19-10)13(16)11-5-3-6-12(11)14(17)18/h10-12H,2-9H2,1H3,(H,17,18)/t10?,11-,12+/m1/s1. The molecule has 2 rings (SSSR count). The zero-order valence-corrected chi connectivity index (χ0v) is 11.5. The van der Waals surface area contributed by atoms with Crippen molar-refractivity contribution < 1.29 is 19.4 Å². The van der Waals surface area contributed by atoms with Crippen LogP contribution in [0.2, 0.25) is 0 Å². The van der Waals surface area contributed by atoms with Crippen LogP contribution in [0.3, 0.4) is 0 Å². The predicted molar refractivity (Wildman–Crippen MR) is 69.7 cm³/mol. The van der Waals surface area contributed by atoms with Crippen LogP contribution < -0.4 is 0 Å². The molecule has 1 saturated carbocycles. The molecule has 2 fully saturated rings. The highest BCUT2D eigenvalue weighted by Crippen LogP contribution is 2.33. The van der Waals surface area contributed by atoms with E-state index in [-0.39, 0.29) is 17.9 Å². The molecule has 3 atom stereocenters. The Morgan fingerprint density at radius 2 is 2.00 bits per heavy atom. The topological polar surface area (TPSA) is 66.8 Å². The quantitative estimate of drug-likeness (QED) is 0.843. The monoisotopic (exact) mass is 269 g/mol. The number of aliphatic carboxylic acids is 1. The summed E-state index contributed by atoms with van der Waals surface area (Å²) in [7, 11) is 0. The molecule has 0 bridgehead atoms. The lowest BCUT2D eigenvalue weighted by Gasteiger charge is -2.27. The Hall–Kier alpha value is -1.10. The third kappa shape index (κ3) is 3.26. The van der Waals surface area contributed by atoms with Gasteiger partial charge >= 0.3 is 5.97 Å².